The van der Waals surface area contributed by atoms with Gasteiger partial charge in [0.05, 0.1) is 6.10 Å². The Balaban J connectivity index is 1.85. The highest BCUT2D eigenvalue weighted by molar-refractivity contribution is 5.20. The second-order valence-electron chi connectivity index (χ2n) is 5.96. The van der Waals surface area contributed by atoms with Gasteiger partial charge >= 0.3 is 0 Å². The molecule has 0 aliphatic carbocycles. The fourth-order valence-electron chi connectivity index (χ4n) is 4.01. The van der Waals surface area contributed by atoms with Gasteiger partial charge in [0.15, 0.2) is 0 Å². The van der Waals surface area contributed by atoms with E-state index in [0.717, 1.165) is 25.8 Å². The van der Waals surface area contributed by atoms with Crippen molar-refractivity contribution >= 4 is 0 Å². The lowest BCUT2D eigenvalue weighted by Crippen LogP contribution is -2.47. The first-order valence-electron chi connectivity index (χ1n) is 7.50. The Bertz CT molecular complexity index is 394. The molecular formula is C16H24N2O. The quantitative estimate of drug-likeness (QED) is 0.871. The molecule has 3 rings (SSSR count). The minimum absolute atomic E-state index is 0.0944. The Labute approximate surface area is 115 Å². The van der Waals surface area contributed by atoms with Crippen LogP contribution in [0.15, 0.2) is 30.3 Å². The summed E-state index contributed by atoms with van der Waals surface area (Å²) in [7, 11) is 0. The maximum absolute atomic E-state index is 9.94. The molecule has 3 N–H and O–H groups in total. The number of aliphatic hydroxyl groups excluding tert-OH is 1. The largest absolute Gasteiger partial charge is 0.393 e. The van der Waals surface area contributed by atoms with Gasteiger partial charge in [0.1, 0.15) is 0 Å². The van der Waals surface area contributed by atoms with Crippen LogP contribution in [0.5, 0.6) is 0 Å². The van der Waals surface area contributed by atoms with E-state index in [1.165, 1.54) is 18.4 Å². The van der Waals surface area contributed by atoms with Crippen molar-refractivity contribution in [1.29, 1.82) is 0 Å². The zero-order valence-electron chi connectivity index (χ0n) is 11.4. The zero-order valence-corrected chi connectivity index (χ0v) is 11.4. The molecule has 2 bridgehead atoms. The summed E-state index contributed by atoms with van der Waals surface area (Å²) < 4.78 is 0. The first-order chi connectivity index (χ1) is 9.29. The summed E-state index contributed by atoms with van der Waals surface area (Å²) in [4.78, 5) is 2.65. The van der Waals surface area contributed by atoms with Crippen LogP contribution in [-0.2, 0) is 0 Å². The SMILES string of the molecule is NCCC(c1ccccc1)N1C2CCC1CC(O)C2. The molecule has 19 heavy (non-hydrogen) atoms. The summed E-state index contributed by atoms with van der Waals surface area (Å²) in [5.41, 5.74) is 7.21. The van der Waals surface area contributed by atoms with Gasteiger partial charge in [0.2, 0.25) is 0 Å². The number of rotatable bonds is 4. The molecule has 2 saturated heterocycles. The van der Waals surface area contributed by atoms with Crippen LogP contribution in [0, 0.1) is 0 Å². The molecule has 3 atom stereocenters. The van der Waals surface area contributed by atoms with E-state index in [4.69, 9.17) is 5.73 Å². The highest BCUT2D eigenvalue weighted by Crippen LogP contribution is 2.42. The molecule has 2 aliphatic rings. The molecule has 104 valence electrons. The minimum atomic E-state index is -0.0944. The molecule has 0 spiro atoms. The Morgan fingerprint density at radius 2 is 1.79 bits per heavy atom. The number of fused-ring (bicyclic) bond motifs is 2. The van der Waals surface area contributed by atoms with Crippen LogP contribution in [0.1, 0.15) is 43.7 Å². The molecule has 1 aromatic carbocycles. The van der Waals surface area contributed by atoms with Gasteiger partial charge in [-0.3, -0.25) is 4.90 Å². The third-order valence-electron chi connectivity index (χ3n) is 4.75. The molecule has 3 nitrogen and oxygen atoms in total. The topological polar surface area (TPSA) is 49.5 Å². The summed E-state index contributed by atoms with van der Waals surface area (Å²) in [5.74, 6) is 0. The van der Waals surface area contributed by atoms with Gasteiger partial charge in [0.25, 0.3) is 0 Å². The molecule has 3 heteroatoms. The second-order valence-corrected chi connectivity index (χ2v) is 5.96. The average molecular weight is 260 g/mol. The van der Waals surface area contributed by atoms with Crippen molar-refractivity contribution in [2.24, 2.45) is 5.73 Å². The highest BCUT2D eigenvalue weighted by atomic mass is 16.3. The zero-order chi connectivity index (χ0) is 13.2. The fourth-order valence-corrected chi connectivity index (χ4v) is 4.01. The van der Waals surface area contributed by atoms with Crippen molar-refractivity contribution < 1.29 is 5.11 Å². The number of piperidine rings is 1. The van der Waals surface area contributed by atoms with Crippen LogP contribution in [0.3, 0.4) is 0 Å². The molecule has 0 saturated carbocycles. The summed E-state index contributed by atoms with van der Waals surface area (Å²) in [6, 6.07) is 12.2. The van der Waals surface area contributed by atoms with Gasteiger partial charge in [-0.2, -0.15) is 0 Å². The number of hydrogen-bond acceptors (Lipinski definition) is 3. The van der Waals surface area contributed by atoms with Gasteiger partial charge in [-0.15, -0.1) is 0 Å². The van der Waals surface area contributed by atoms with E-state index in [2.05, 4.69) is 35.2 Å². The number of aliphatic hydroxyl groups is 1. The van der Waals surface area contributed by atoms with Crippen LogP contribution < -0.4 is 5.73 Å². The number of nitrogens with two attached hydrogens (primary N) is 1. The molecule has 3 unspecified atom stereocenters. The summed E-state index contributed by atoms with van der Waals surface area (Å²) in [6.45, 7) is 0.720. The Hall–Kier alpha value is -0.900. The number of benzene rings is 1. The third-order valence-corrected chi connectivity index (χ3v) is 4.75. The summed E-state index contributed by atoms with van der Waals surface area (Å²) in [6.07, 6.45) is 5.25. The maximum Gasteiger partial charge on any atom is 0.0570 e. The lowest BCUT2D eigenvalue weighted by Gasteiger charge is -2.42. The third kappa shape index (κ3) is 2.55. The van der Waals surface area contributed by atoms with E-state index in [1.807, 2.05) is 0 Å². The maximum atomic E-state index is 9.94. The van der Waals surface area contributed by atoms with Crippen molar-refractivity contribution in [3.05, 3.63) is 35.9 Å². The Morgan fingerprint density at radius 1 is 1.16 bits per heavy atom. The fraction of sp³-hybridized carbons (Fsp3) is 0.625. The Kier molecular flexibility index (Phi) is 3.87. The molecule has 0 radical (unpaired) electrons. The van der Waals surface area contributed by atoms with Crippen molar-refractivity contribution in [1.82, 2.24) is 4.90 Å². The summed E-state index contributed by atoms with van der Waals surface area (Å²) in [5, 5.41) is 9.94. The van der Waals surface area contributed by atoms with E-state index in [1.54, 1.807) is 0 Å². The lowest BCUT2D eigenvalue weighted by molar-refractivity contribution is 0.00784. The first kappa shape index (κ1) is 13.1. The van der Waals surface area contributed by atoms with E-state index >= 15 is 0 Å². The predicted molar refractivity (Wildman–Crippen MR) is 76.7 cm³/mol. The lowest BCUT2D eigenvalue weighted by atomic mass is 9.93. The second kappa shape index (κ2) is 5.61. The summed E-state index contributed by atoms with van der Waals surface area (Å²) >= 11 is 0. The molecule has 1 aromatic rings. The highest BCUT2D eigenvalue weighted by Gasteiger charge is 2.43. The smallest absolute Gasteiger partial charge is 0.0570 e. The van der Waals surface area contributed by atoms with Gasteiger partial charge in [0, 0.05) is 18.1 Å². The predicted octanol–water partition coefficient (Wildman–Crippen LogP) is 2.06. The Morgan fingerprint density at radius 3 is 2.37 bits per heavy atom. The molecule has 0 aromatic heterocycles. The van der Waals surface area contributed by atoms with Crippen LogP contribution in [0.4, 0.5) is 0 Å². The standard InChI is InChI=1S/C16H24N2O/c17-9-8-16(12-4-2-1-3-5-12)18-13-6-7-14(18)11-15(19)10-13/h1-5,13-16,19H,6-11,17H2. The molecular weight excluding hydrogens is 236 g/mol. The van der Waals surface area contributed by atoms with Crippen LogP contribution in [-0.4, -0.2) is 34.7 Å². The average Bonchev–Trinajstić information content (AvgIpc) is 2.68. The minimum Gasteiger partial charge on any atom is -0.393 e. The molecule has 2 aliphatic heterocycles. The van der Waals surface area contributed by atoms with E-state index in [9.17, 15) is 5.11 Å². The van der Waals surface area contributed by atoms with Crippen LogP contribution >= 0.6 is 0 Å². The number of hydrogen-bond donors (Lipinski definition) is 2. The van der Waals surface area contributed by atoms with Gasteiger partial charge < -0.3 is 10.8 Å². The van der Waals surface area contributed by atoms with E-state index in [0.29, 0.717) is 18.1 Å². The monoisotopic (exact) mass is 260 g/mol. The van der Waals surface area contributed by atoms with Crippen molar-refractivity contribution in [2.45, 2.75) is 56.3 Å². The first-order valence-corrected chi connectivity index (χ1v) is 7.50. The van der Waals surface area contributed by atoms with Gasteiger partial charge in [-0.25, -0.2) is 0 Å². The molecule has 2 heterocycles. The van der Waals surface area contributed by atoms with Crippen molar-refractivity contribution in [3.63, 3.8) is 0 Å². The normalized spacial score (nSPS) is 32.4. The van der Waals surface area contributed by atoms with E-state index in [-0.39, 0.29) is 6.10 Å². The molecule has 2 fully saturated rings. The van der Waals surface area contributed by atoms with Gasteiger partial charge in [-0.1, -0.05) is 30.3 Å². The van der Waals surface area contributed by atoms with Crippen LogP contribution in [0.2, 0.25) is 0 Å². The van der Waals surface area contributed by atoms with Crippen molar-refractivity contribution in [3.8, 4) is 0 Å². The molecule has 0 amide bonds. The van der Waals surface area contributed by atoms with E-state index < -0.39 is 0 Å². The van der Waals surface area contributed by atoms with Crippen LogP contribution in [0.25, 0.3) is 0 Å². The number of nitrogens with zero attached hydrogens (tertiary/aromatic N) is 1. The van der Waals surface area contributed by atoms with Gasteiger partial charge in [-0.05, 0) is 44.2 Å². The van der Waals surface area contributed by atoms with Crippen molar-refractivity contribution in [2.75, 3.05) is 6.54 Å².